The van der Waals surface area contributed by atoms with Crippen molar-refractivity contribution in [2.24, 2.45) is 10.9 Å². The molecule has 0 bridgehead atoms. The van der Waals surface area contributed by atoms with Crippen LogP contribution in [0.3, 0.4) is 0 Å². The Balaban J connectivity index is 2.11. The van der Waals surface area contributed by atoms with Crippen LogP contribution >= 0.6 is 9.24 Å². The van der Waals surface area contributed by atoms with Crippen molar-refractivity contribution in [3.63, 3.8) is 0 Å². The molecule has 0 heterocycles. The number of hydrogen-bond acceptors (Lipinski definition) is 3. The molecule has 2 N–H and O–H groups in total. The molecule has 2 aliphatic carbocycles. The van der Waals surface area contributed by atoms with Crippen molar-refractivity contribution < 1.29 is 9.18 Å². The van der Waals surface area contributed by atoms with Crippen molar-refractivity contribution in [1.29, 1.82) is 0 Å². The standard InChI is InChI=1S/C17H27FN3OP/c1-10(2)13(15(22)20-9-12-8-17(12,18)23)11(3)14(19-5)21-16(4)6-7-16/h12,21H,5-9,23H2,1-4H3,(H,20,22)/b14-11-. The molecule has 2 rings (SSSR count). The van der Waals surface area contributed by atoms with Crippen molar-refractivity contribution in [3.05, 3.63) is 22.5 Å². The molecule has 0 radical (unpaired) electrons. The van der Waals surface area contributed by atoms with E-state index in [9.17, 15) is 9.18 Å². The zero-order chi connectivity index (χ0) is 17.4. The molecule has 3 unspecified atom stereocenters. The fourth-order valence-electron chi connectivity index (χ4n) is 2.61. The maximum atomic E-state index is 13.6. The lowest BCUT2D eigenvalue weighted by molar-refractivity contribution is -0.117. The minimum atomic E-state index is -1.21. The second kappa shape index (κ2) is 6.35. The fraction of sp³-hybridized carbons (Fsp3) is 0.647. The van der Waals surface area contributed by atoms with Gasteiger partial charge in [-0.1, -0.05) is 14.8 Å². The predicted octanol–water partition coefficient (Wildman–Crippen LogP) is 3.07. The first kappa shape index (κ1) is 18.1. The van der Waals surface area contributed by atoms with Gasteiger partial charge in [0.1, 0.15) is 11.2 Å². The number of carbonyl (C=O) groups is 1. The third-order valence-electron chi connectivity index (χ3n) is 4.62. The predicted molar refractivity (Wildman–Crippen MR) is 96.1 cm³/mol. The molecule has 2 saturated carbocycles. The van der Waals surface area contributed by atoms with Gasteiger partial charge >= 0.3 is 0 Å². The quantitative estimate of drug-likeness (QED) is 0.324. The largest absolute Gasteiger partial charge is 0.365 e. The van der Waals surface area contributed by atoms with Crippen LogP contribution in [0.1, 0.15) is 47.0 Å². The zero-order valence-corrected chi connectivity index (χ0v) is 15.6. The van der Waals surface area contributed by atoms with Gasteiger partial charge in [0.25, 0.3) is 5.91 Å². The highest BCUT2D eigenvalue weighted by atomic mass is 31.0. The van der Waals surface area contributed by atoms with Crippen LogP contribution < -0.4 is 10.6 Å². The number of aliphatic imine (C=N–C) groups is 1. The Hall–Kier alpha value is -1.22. The molecule has 6 heteroatoms. The summed E-state index contributed by atoms with van der Waals surface area (Å²) in [5, 5.41) is 5.01. The zero-order valence-electron chi connectivity index (χ0n) is 14.4. The molecule has 0 aromatic carbocycles. The molecule has 0 saturated heterocycles. The van der Waals surface area contributed by atoms with E-state index in [0.717, 1.165) is 24.0 Å². The smallest absolute Gasteiger partial charge is 0.251 e. The van der Waals surface area contributed by atoms with Gasteiger partial charge in [-0.3, -0.25) is 4.79 Å². The van der Waals surface area contributed by atoms with Crippen LogP contribution in [0.2, 0.25) is 0 Å². The third-order valence-corrected chi connectivity index (χ3v) is 5.33. The number of alkyl halides is 1. The first-order chi connectivity index (χ1) is 10.6. The Kier molecular flexibility index (Phi) is 5.00. The number of halogens is 1. The third kappa shape index (κ3) is 4.41. The molecule has 128 valence electrons. The normalized spacial score (nSPS) is 28.3. The van der Waals surface area contributed by atoms with Crippen LogP contribution in [0.5, 0.6) is 0 Å². The van der Waals surface area contributed by atoms with E-state index in [4.69, 9.17) is 0 Å². The number of amides is 1. The summed E-state index contributed by atoms with van der Waals surface area (Å²) in [7, 11) is 2.21. The number of allylic oxidation sites excluding steroid dienone is 1. The van der Waals surface area contributed by atoms with Gasteiger partial charge in [0.15, 0.2) is 0 Å². The summed E-state index contributed by atoms with van der Waals surface area (Å²) in [6.45, 7) is 11.8. The lowest BCUT2D eigenvalue weighted by Gasteiger charge is -2.18. The summed E-state index contributed by atoms with van der Waals surface area (Å²) in [5.41, 5.74) is 2.33. The van der Waals surface area contributed by atoms with Crippen LogP contribution in [0, 0.1) is 5.92 Å². The average Bonchev–Trinajstić information content (AvgIpc) is 3.32. The molecule has 2 fully saturated rings. The molecule has 3 atom stereocenters. The number of carbonyl (C=O) groups excluding carboxylic acids is 1. The molecular weight excluding hydrogens is 312 g/mol. The molecule has 4 nitrogen and oxygen atoms in total. The lowest BCUT2D eigenvalue weighted by Crippen LogP contribution is -2.31. The van der Waals surface area contributed by atoms with Crippen molar-refractivity contribution in [3.8, 4) is 0 Å². The Morgan fingerprint density at radius 3 is 2.35 bits per heavy atom. The van der Waals surface area contributed by atoms with Gasteiger partial charge in [0, 0.05) is 29.1 Å². The first-order valence-corrected chi connectivity index (χ1v) is 8.57. The van der Waals surface area contributed by atoms with Crippen LogP contribution in [0.25, 0.3) is 0 Å². The van der Waals surface area contributed by atoms with Crippen molar-refractivity contribution >= 4 is 21.9 Å². The molecule has 1 amide bonds. The Labute approximate surface area is 140 Å². The van der Waals surface area contributed by atoms with E-state index in [1.807, 2.05) is 20.8 Å². The molecule has 0 spiro atoms. The molecule has 2 aliphatic rings. The van der Waals surface area contributed by atoms with E-state index in [1.165, 1.54) is 0 Å². The fourth-order valence-corrected chi connectivity index (χ4v) is 3.01. The summed E-state index contributed by atoms with van der Waals surface area (Å²) in [4.78, 5) is 16.6. The summed E-state index contributed by atoms with van der Waals surface area (Å²) in [6.07, 6.45) is 2.66. The highest BCUT2D eigenvalue weighted by Crippen LogP contribution is 2.52. The van der Waals surface area contributed by atoms with Crippen LogP contribution in [-0.2, 0) is 4.79 Å². The molecule has 0 aromatic rings. The lowest BCUT2D eigenvalue weighted by atomic mass is 10.0. The molecule has 0 aliphatic heterocycles. The van der Waals surface area contributed by atoms with Crippen molar-refractivity contribution in [2.75, 3.05) is 6.54 Å². The molecular formula is C17H27FN3OP. The van der Waals surface area contributed by atoms with Crippen LogP contribution in [-0.4, -0.2) is 30.1 Å². The van der Waals surface area contributed by atoms with Gasteiger partial charge in [-0.2, -0.15) is 0 Å². The minimum Gasteiger partial charge on any atom is -0.365 e. The van der Waals surface area contributed by atoms with Gasteiger partial charge in [-0.15, -0.1) is 0 Å². The minimum absolute atomic E-state index is 0.0578. The number of nitrogens with zero attached hydrogens (tertiary/aromatic N) is 1. The SMILES string of the molecule is C=N/C(NC1(C)CC1)=C(\C)C(C(=O)NCC1CC1(F)P)=C(C)C. The first-order valence-electron chi connectivity index (χ1n) is 7.99. The monoisotopic (exact) mass is 339 g/mol. The van der Waals surface area contributed by atoms with E-state index >= 15 is 0 Å². The number of nitrogens with one attached hydrogen (secondary N) is 2. The summed E-state index contributed by atoms with van der Waals surface area (Å²) in [6, 6.07) is 0. The Morgan fingerprint density at radius 1 is 1.39 bits per heavy atom. The van der Waals surface area contributed by atoms with Gasteiger partial charge in [-0.05, 0) is 53.7 Å². The van der Waals surface area contributed by atoms with Crippen molar-refractivity contribution in [2.45, 2.75) is 57.9 Å². The van der Waals surface area contributed by atoms with E-state index in [-0.39, 0.29) is 17.4 Å². The van der Waals surface area contributed by atoms with Crippen LogP contribution in [0.4, 0.5) is 4.39 Å². The van der Waals surface area contributed by atoms with E-state index in [0.29, 0.717) is 24.4 Å². The summed E-state index contributed by atoms with van der Waals surface area (Å²) >= 11 is 0. The second-order valence-corrected chi connectivity index (χ2v) is 8.19. The van der Waals surface area contributed by atoms with E-state index < -0.39 is 5.41 Å². The number of rotatable bonds is 7. The maximum Gasteiger partial charge on any atom is 0.251 e. The van der Waals surface area contributed by atoms with Gasteiger partial charge in [-0.25, -0.2) is 9.38 Å². The van der Waals surface area contributed by atoms with Crippen LogP contribution in [0.15, 0.2) is 27.5 Å². The highest BCUT2D eigenvalue weighted by Gasteiger charge is 2.51. The molecule has 23 heavy (non-hydrogen) atoms. The number of hydrogen-bond donors (Lipinski definition) is 2. The Bertz CT molecular complexity index is 587. The maximum absolute atomic E-state index is 13.6. The Morgan fingerprint density at radius 2 is 1.96 bits per heavy atom. The summed E-state index contributed by atoms with van der Waals surface area (Å²) < 4.78 is 13.6. The van der Waals surface area contributed by atoms with Crippen molar-refractivity contribution in [1.82, 2.24) is 10.6 Å². The second-order valence-electron chi connectivity index (χ2n) is 7.23. The molecule has 0 aromatic heterocycles. The topological polar surface area (TPSA) is 53.5 Å². The van der Waals surface area contributed by atoms with E-state index in [2.05, 4.69) is 38.5 Å². The summed E-state index contributed by atoms with van der Waals surface area (Å²) in [5.74, 6) is 0.354. The van der Waals surface area contributed by atoms with Gasteiger partial charge in [0.2, 0.25) is 0 Å². The van der Waals surface area contributed by atoms with E-state index in [1.54, 1.807) is 0 Å². The van der Waals surface area contributed by atoms with Gasteiger partial charge < -0.3 is 10.6 Å². The average molecular weight is 339 g/mol. The highest BCUT2D eigenvalue weighted by molar-refractivity contribution is 7.19. The van der Waals surface area contributed by atoms with Gasteiger partial charge in [0.05, 0.1) is 0 Å².